The van der Waals surface area contributed by atoms with Crippen molar-refractivity contribution in [1.82, 2.24) is 9.03 Å². The molecule has 6 heteroatoms. The lowest BCUT2D eigenvalue weighted by Gasteiger charge is -2.28. The van der Waals surface area contributed by atoms with Gasteiger partial charge < -0.3 is 5.11 Å². The number of nitrogens with zero attached hydrogens (tertiary/aromatic N) is 1. The third-order valence-electron chi connectivity index (χ3n) is 3.91. The summed E-state index contributed by atoms with van der Waals surface area (Å²) in [4.78, 5) is 0. The highest BCUT2D eigenvalue weighted by Gasteiger charge is 2.25. The Kier molecular flexibility index (Phi) is 5.75. The zero-order valence-corrected chi connectivity index (χ0v) is 13.3. The van der Waals surface area contributed by atoms with Crippen molar-refractivity contribution in [3.8, 4) is 0 Å². The molecule has 2 rings (SSSR count). The summed E-state index contributed by atoms with van der Waals surface area (Å²) in [6, 6.07) is 7.98. The lowest BCUT2D eigenvalue weighted by atomic mass is 10.0. The largest absolute Gasteiger partial charge is 0.396 e. The van der Waals surface area contributed by atoms with Crippen LogP contribution < -0.4 is 4.72 Å². The lowest BCUT2D eigenvalue weighted by Crippen LogP contribution is -2.43. The first-order valence-electron chi connectivity index (χ1n) is 7.45. The van der Waals surface area contributed by atoms with Crippen LogP contribution in [0.2, 0.25) is 0 Å². The quantitative estimate of drug-likeness (QED) is 0.745. The third-order valence-corrected chi connectivity index (χ3v) is 5.47. The average molecular weight is 312 g/mol. The number of nitrogens with one attached hydrogen (secondary N) is 1. The highest BCUT2D eigenvalue weighted by Crippen LogP contribution is 2.20. The number of hydrogen-bond acceptors (Lipinski definition) is 3. The fourth-order valence-electron chi connectivity index (χ4n) is 2.51. The minimum absolute atomic E-state index is 0.148. The standard InChI is InChI=1S/C15H24N2O3S/c1-13(12-18)5-4-9-16-21(19,20)17-10-8-14-6-2-3-7-15(14)11-17/h2-3,6-7,13,16,18H,4-5,8-12H2,1H3. The average Bonchev–Trinajstić information content (AvgIpc) is 2.50. The van der Waals surface area contributed by atoms with Crippen LogP contribution in [0.1, 0.15) is 30.9 Å². The molecule has 0 radical (unpaired) electrons. The Hall–Kier alpha value is -0.950. The van der Waals surface area contributed by atoms with E-state index in [0.29, 0.717) is 19.6 Å². The Morgan fingerprint density at radius 2 is 2.05 bits per heavy atom. The Balaban J connectivity index is 1.86. The molecule has 0 saturated carbocycles. The minimum Gasteiger partial charge on any atom is -0.396 e. The fourth-order valence-corrected chi connectivity index (χ4v) is 3.73. The molecular formula is C15H24N2O3S. The van der Waals surface area contributed by atoms with Crippen LogP contribution in [0.5, 0.6) is 0 Å². The topological polar surface area (TPSA) is 69.6 Å². The molecule has 0 aromatic heterocycles. The lowest BCUT2D eigenvalue weighted by molar-refractivity contribution is 0.228. The maximum absolute atomic E-state index is 12.3. The monoisotopic (exact) mass is 312 g/mol. The predicted octanol–water partition coefficient (Wildman–Crippen LogP) is 1.29. The van der Waals surface area contributed by atoms with Crippen LogP contribution in [0.3, 0.4) is 0 Å². The van der Waals surface area contributed by atoms with Gasteiger partial charge in [0.05, 0.1) is 0 Å². The van der Waals surface area contributed by atoms with E-state index in [1.54, 1.807) is 0 Å². The molecule has 1 atom stereocenters. The van der Waals surface area contributed by atoms with E-state index in [-0.39, 0.29) is 12.5 Å². The zero-order valence-electron chi connectivity index (χ0n) is 12.5. The molecule has 21 heavy (non-hydrogen) atoms. The summed E-state index contributed by atoms with van der Waals surface area (Å²) in [5.41, 5.74) is 2.32. The van der Waals surface area contributed by atoms with Crippen LogP contribution in [0.4, 0.5) is 0 Å². The molecule has 0 saturated heterocycles. The zero-order chi connectivity index (χ0) is 15.3. The fraction of sp³-hybridized carbons (Fsp3) is 0.600. The molecular weight excluding hydrogens is 288 g/mol. The summed E-state index contributed by atoms with van der Waals surface area (Å²) in [5, 5.41) is 8.94. The summed E-state index contributed by atoms with van der Waals surface area (Å²) >= 11 is 0. The summed E-state index contributed by atoms with van der Waals surface area (Å²) in [5.74, 6) is 0.219. The van der Waals surface area contributed by atoms with Crippen molar-refractivity contribution in [2.45, 2.75) is 32.7 Å². The van der Waals surface area contributed by atoms with Crippen molar-refractivity contribution in [1.29, 1.82) is 0 Å². The van der Waals surface area contributed by atoms with Gasteiger partial charge in [-0.3, -0.25) is 0 Å². The molecule has 1 aromatic rings. The van der Waals surface area contributed by atoms with Gasteiger partial charge in [-0.2, -0.15) is 12.7 Å². The van der Waals surface area contributed by atoms with Crippen molar-refractivity contribution in [3.05, 3.63) is 35.4 Å². The van der Waals surface area contributed by atoms with Gasteiger partial charge in [-0.05, 0) is 36.3 Å². The van der Waals surface area contributed by atoms with E-state index in [9.17, 15) is 8.42 Å². The van der Waals surface area contributed by atoms with E-state index in [1.165, 1.54) is 9.87 Å². The van der Waals surface area contributed by atoms with Crippen LogP contribution >= 0.6 is 0 Å². The maximum Gasteiger partial charge on any atom is 0.279 e. The van der Waals surface area contributed by atoms with E-state index in [0.717, 1.165) is 24.8 Å². The highest BCUT2D eigenvalue weighted by molar-refractivity contribution is 7.87. The Labute approximate surface area is 127 Å². The van der Waals surface area contributed by atoms with Crippen molar-refractivity contribution < 1.29 is 13.5 Å². The van der Waals surface area contributed by atoms with E-state index in [1.807, 2.05) is 25.1 Å². The summed E-state index contributed by atoms with van der Waals surface area (Å²) in [6.45, 7) is 3.49. The van der Waals surface area contributed by atoms with Crippen molar-refractivity contribution in [3.63, 3.8) is 0 Å². The smallest absolute Gasteiger partial charge is 0.279 e. The summed E-state index contributed by atoms with van der Waals surface area (Å²) < 4.78 is 28.7. The molecule has 118 valence electrons. The van der Waals surface area contributed by atoms with Crippen LogP contribution in [0.25, 0.3) is 0 Å². The number of aliphatic hydroxyl groups excluding tert-OH is 1. The second-order valence-corrected chi connectivity index (χ2v) is 7.44. The van der Waals surface area contributed by atoms with Crippen molar-refractivity contribution in [2.24, 2.45) is 5.92 Å². The van der Waals surface area contributed by atoms with Gasteiger partial charge in [-0.15, -0.1) is 0 Å². The molecule has 1 aliphatic rings. The molecule has 0 spiro atoms. The number of aliphatic hydroxyl groups is 1. The first kappa shape index (κ1) is 16.4. The van der Waals surface area contributed by atoms with E-state index < -0.39 is 10.2 Å². The first-order chi connectivity index (χ1) is 10.0. The van der Waals surface area contributed by atoms with E-state index in [4.69, 9.17) is 5.11 Å². The molecule has 1 aliphatic heterocycles. The molecule has 5 nitrogen and oxygen atoms in total. The van der Waals surface area contributed by atoms with Gasteiger partial charge in [0.15, 0.2) is 0 Å². The number of rotatable bonds is 7. The number of hydrogen-bond donors (Lipinski definition) is 2. The molecule has 0 fully saturated rings. The van der Waals surface area contributed by atoms with Gasteiger partial charge in [0.2, 0.25) is 0 Å². The van der Waals surface area contributed by atoms with Gasteiger partial charge in [-0.1, -0.05) is 31.2 Å². The van der Waals surface area contributed by atoms with E-state index >= 15 is 0 Å². The van der Waals surface area contributed by atoms with Gasteiger partial charge in [-0.25, -0.2) is 4.72 Å². The Bertz CT molecular complexity index is 560. The summed E-state index contributed by atoms with van der Waals surface area (Å²) in [7, 11) is -3.41. The van der Waals surface area contributed by atoms with Crippen LogP contribution in [0.15, 0.2) is 24.3 Å². The molecule has 0 aliphatic carbocycles. The Morgan fingerprint density at radius 3 is 2.76 bits per heavy atom. The minimum atomic E-state index is -3.41. The second-order valence-electron chi connectivity index (χ2n) is 5.68. The number of benzene rings is 1. The molecule has 1 aromatic carbocycles. The predicted molar refractivity (Wildman–Crippen MR) is 83.0 cm³/mol. The molecule has 2 N–H and O–H groups in total. The third kappa shape index (κ3) is 4.51. The van der Waals surface area contributed by atoms with E-state index in [2.05, 4.69) is 10.8 Å². The first-order valence-corrected chi connectivity index (χ1v) is 8.89. The molecule has 1 heterocycles. The van der Waals surface area contributed by atoms with Crippen LogP contribution in [-0.2, 0) is 23.2 Å². The maximum atomic E-state index is 12.3. The highest BCUT2D eigenvalue weighted by atomic mass is 32.2. The molecule has 0 bridgehead atoms. The second kappa shape index (κ2) is 7.35. The SMILES string of the molecule is CC(CO)CCCNS(=O)(=O)N1CCc2ccccc2C1. The van der Waals surface area contributed by atoms with Gasteiger partial charge in [0.25, 0.3) is 10.2 Å². The number of fused-ring (bicyclic) bond motifs is 1. The van der Waals surface area contributed by atoms with Gasteiger partial charge >= 0.3 is 0 Å². The van der Waals surface area contributed by atoms with Gasteiger partial charge in [0, 0.05) is 26.2 Å². The summed E-state index contributed by atoms with van der Waals surface area (Å²) in [6.07, 6.45) is 2.33. The van der Waals surface area contributed by atoms with Crippen LogP contribution in [0, 0.1) is 5.92 Å². The van der Waals surface area contributed by atoms with Gasteiger partial charge in [0.1, 0.15) is 0 Å². The molecule has 0 amide bonds. The van der Waals surface area contributed by atoms with Crippen molar-refractivity contribution in [2.75, 3.05) is 19.7 Å². The van der Waals surface area contributed by atoms with Crippen molar-refractivity contribution >= 4 is 10.2 Å². The van der Waals surface area contributed by atoms with Crippen LogP contribution in [-0.4, -0.2) is 37.5 Å². The normalized spacial score (nSPS) is 17.4. The molecule has 1 unspecified atom stereocenters. The Morgan fingerprint density at radius 1 is 1.33 bits per heavy atom.